The van der Waals surface area contributed by atoms with Crippen molar-refractivity contribution in [3.63, 3.8) is 0 Å². The first-order valence-electron chi connectivity index (χ1n) is 6.79. The molecule has 0 aliphatic rings. The molecule has 0 unspecified atom stereocenters. The lowest BCUT2D eigenvalue weighted by Gasteiger charge is -2.29. The number of hydrogen-bond donors (Lipinski definition) is 1. The smallest absolute Gasteiger partial charge is 0.408 e. The van der Waals surface area contributed by atoms with Crippen LogP contribution in [-0.4, -0.2) is 11.6 Å². The van der Waals surface area contributed by atoms with Gasteiger partial charge in [-0.15, -0.1) is 0 Å². The topological polar surface area (TPSA) is 38.3 Å². The van der Waals surface area contributed by atoms with Gasteiger partial charge < -0.3 is 10.1 Å². The Labute approximate surface area is 122 Å². The molecule has 1 N–H and O–H groups in total. The first kappa shape index (κ1) is 16.3. The predicted molar refractivity (Wildman–Crippen MR) is 83.5 cm³/mol. The number of carbonyl (C=O) groups is 1. The van der Waals surface area contributed by atoms with E-state index in [0.29, 0.717) is 0 Å². The summed E-state index contributed by atoms with van der Waals surface area (Å²) < 4.78 is 5.55. The minimum Gasteiger partial charge on any atom is -0.439 e. The first-order valence-corrected chi connectivity index (χ1v) is 6.79. The fraction of sp³-hybridized carbons (Fsp3) is 0.471. The number of allylic oxidation sites excluding steroid dienone is 1. The summed E-state index contributed by atoms with van der Waals surface area (Å²) in [4.78, 5) is 11.9. The Morgan fingerprint density at radius 2 is 1.80 bits per heavy atom. The van der Waals surface area contributed by atoms with Gasteiger partial charge in [-0.25, -0.2) is 4.79 Å². The van der Waals surface area contributed by atoms with Crippen molar-refractivity contribution in [1.29, 1.82) is 0 Å². The molecule has 20 heavy (non-hydrogen) atoms. The van der Waals surface area contributed by atoms with Gasteiger partial charge in [0.2, 0.25) is 0 Å². The SMILES string of the molecule is C=C(C)c1cccc(C(C)(C)OC(=O)NC(C)(C)C)c1. The molecular weight excluding hydrogens is 250 g/mol. The summed E-state index contributed by atoms with van der Waals surface area (Å²) in [6.07, 6.45) is -0.414. The highest BCUT2D eigenvalue weighted by molar-refractivity contribution is 5.69. The number of hydrogen-bond acceptors (Lipinski definition) is 2. The van der Waals surface area contributed by atoms with Crippen LogP contribution in [0, 0.1) is 0 Å². The molecule has 3 nitrogen and oxygen atoms in total. The second kappa shape index (κ2) is 5.70. The molecule has 1 aromatic carbocycles. The van der Waals surface area contributed by atoms with Crippen LogP contribution in [-0.2, 0) is 10.3 Å². The summed E-state index contributed by atoms with van der Waals surface area (Å²) in [7, 11) is 0. The lowest BCUT2D eigenvalue weighted by atomic mass is 9.94. The van der Waals surface area contributed by atoms with Gasteiger partial charge in [-0.3, -0.25) is 0 Å². The van der Waals surface area contributed by atoms with Crippen molar-refractivity contribution in [3.05, 3.63) is 42.0 Å². The van der Waals surface area contributed by atoms with Crippen LogP contribution < -0.4 is 5.32 Å². The molecule has 0 atom stereocenters. The van der Waals surface area contributed by atoms with Crippen molar-refractivity contribution >= 4 is 11.7 Å². The Kier molecular flexibility index (Phi) is 4.64. The van der Waals surface area contributed by atoms with Gasteiger partial charge in [0.15, 0.2) is 0 Å². The number of carbonyl (C=O) groups excluding carboxylic acids is 1. The van der Waals surface area contributed by atoms with Gasteiger partial charge in [0, 0.05) is 5.54 Å². The van der Waals surface area contributed by atoms with Crippen LogP contribution in [0.4, 0.5) is 4.79 Å². The Balaban J connectivity index is 2.90. The summed E-state index contributed by atoms with van der Waals surface area (Å²) in [5.41, 5.74) is 1.98. The Morgan fingerprint density at radius 3 is 2.30 bits per heavy atom. The van der Waals surface area contributed by atoms with Gasteiger partial charge >= 0.3 is 6.09 Å². The number of amides is 1. The molecule has 0 heterocycles. The molecular formula is C17H25NO2. The monoisotopic (exact) mass is 275 g/mol. The molecule has 110 valence electrons. The highest BCUT2D eigenvalue weighted by Crippen LogP contribution is 2.27. The molecule has 0 saturated heterocycles. The molecule has 0 aliphatic heterocycles. The maximum atomic E-state index is 11.9. The summed E-state index contributed by atoms with van der Waals surface area (Å²) >= 11 is 0. The minimum absolute atomic E-state index is 0.313. The summed E-state index contributed by atoms with van der Waals surface area (Å²) in [6.45, 7) is 15.4. The Morgan fingerprint density at radius 1 is 1.20 bits per heavy atom. The lowest BCUT2D eigenvalue weighted by Crippen LogP contribution is -2.43. The molecule has 0 aliphatic carbocycles. The first-order chi connectivity index (χ1) is 9.01. The Hall–Kier alpha value is -1.77. The number of ether oxygens (including phenoxy) is 1. The van der Waals surface area contributed by atoms with E-state index in [9.17, 15) is 4.79 Å². The normalized spacial score (nSPS) is 11.9. The van der Waals surface area contributed by atoms with Crippen LogP contribution in [0.25, 0.3) is 5.57 Å². The van der Waals surface area contributed by atoms with Crippen LogP contribution in [0.15, 0.2) is 30.8 Å². The van der Waals surface area contributed by atoms with E-state index >= 15 is 0 Å². The number of rotatable bonds is 3. The molecule has 0 fully saturated rings. The molecule has 0 aromatic heterocycles. The largest absolute Gasteiger partial charge is 0.439 e. The quantitative estimate of drug-likeness (QED) is 0.883. The number of alkyl carbamates (subject to hydrolysis) is 1. The van der Waals surface area contributed by atoms with Crippen LogP contribution >= 0.6 is 0 Å². The summed E-state index contributed by atoms with van der Waals surface area (Å²) in [5, 5.41) is 2.80. The van der Waals surface area contributed by atoms with E-state index in [0.717, 1.165) is 16.7 Å². The van der Waals surface area contributed by atoms with Crippen molar-refractivity contribution in [2.75, 3.05) is 0 Å². The molecule has 0 saturated carbocycles. The highest BCUT2D eigenvalue weighted by atomic mass is 16.6. The van der Waals surface area contributed by atoms with Gasteiger partial charge in [0.05, 0.1) is 0 Å². The molecule has 0 spiro atoms. The van der Waals surface area contributed by atoms with E-state index < -0.39 is 11.7 Å². The third-order valence-electron chi connectivity index (χ3n) is 2.88. The van der Waals surface area contributed by atoms with E-state index in [1.165, 1.54) is 0 Å². The summed E-state index contributed by atoms with van der Waals surface area (Å²) in [5.74, 6) is 0. The predicted octanol–water partition coefficient (Wildman–Crippen LogP) is 4.48. The van der Waals surface area contributed by atoms with Crippen molar-refractivity contribution in [2.24, 2.45) is 0 Å². The lowest BCUT2D eigenvalue weighted by molar-refractivity contribution is 0.0322. The fourth-order valence-corrected chi connectivity index (χ4v) is 1.78. The van der Waals surface area contributed by atoms with Gasteiger partial charge in [0.25, 0.3) is 0 Å². The average molecular weight is 275 g/mol. The van der Waals surface area contributed by atoms with E-state index in [1.807, 2.05) is 65.8 Å². The zero-order valence-electron chi connectivity index (χ0n) is 13.3. The second-order valence-corrected chi connectivity index (χ2v) is 6.64. The maximum absolute atomic E-state index is 11.9. The van der Waals surface area contributed by atoms with E-state index in [2.05, 4.69) is 11.9 Å². The second-order valence-electron chi connectivity index (χ2n) is 6.64. The minimum atomic E-state index is -0.694. The van der Waals surface area contributed by atoms with Crippen LogP contribution in [0.1, 0.15) is 52.7 Å². The molecule has 1 rings (SSSR count). The van der Waals surface area contributed by atoms with Crippen molar-refractivity contribution in [2.45, 2.75) is 52.7 Å². The van der Waals surface area contributed by atoms with Crippen LogP contribution in [0.3, 0.4) is 0 Å². The van der Waals surface area contributed by atoms with Crippen molar-refractivity contribution < 1.29 is 9.53 Å². The molecule has 1 aromatic rings. The van der Waals surface area contributed by atoms with E-state index in [1.54, 1.807) is 0 Å². The summed E-state index contributed by atoms with van der Waals surface area (Å²) in [6, 6.07) is 7.91. The Bertz CT molecular complexity index is 510. The maximum Gasteiger partial charge on any atom is 0.408 e. The highest BCUT2D eigenvalue weighted by Gasteiger charge is 2.27. The van der Waals surface area contributed by atoms with Gasteiger partial charge in [-0.05, 0) is 58.7 Å². The molecule has 0 bridgehead atoms. The van der Waals surface area contributed by atoms with Crippen molar-refractivity contribution in [1.82, 2.24) is 5.32 Å². The van der Waals surface area contributed by atoms with Gasteiger partial charge in [-0.2, -0.15) is 0 Å². The third kappa shape index (κ3) is 4.72. The van der Waals surface area contributed by atoms with E-state index in [-0.39, 0.29) is 5.54 Å². The molecule has 3 heteroatoms. The van der Waals surface area contributed by atoms with Crippen LogP contribution in [0.2, 0.25) is 0 Å². The zero-order valence-corrected chi connectivity index (χ0v) is 13.3. The molecule has 1 amide bonds. The van der Waals surface area contributed by atoms with Crippen LogP contribution in [0.5, 0.6) is 0 Å². The van der Waals surface area contributed by atoms with Crippen molar-refractivity contribution in [3.8, 4) is 0 Å². The van der Waals surface area contributed by atoms with E-state index in [4.69, 9.17) is 4.74 Å². The average Bonchev–Trinajstić information content (AvgIpc) is 2.25. The third-order valence-corrected chi connectivity index (χ3v) is 2.88. The standard InChI is InChI=1S/C17H25NO2/c1-12(2)13-9-8-10-14(11-13)17(6,7)20-15(19)18-16(3,4)5/h8-11H,1H2,2-7H3,(H,18,19). The number of benzene rings is 1. The fourth-order valence-electron chi connectivity index (χ4n) is 1.78. The molecule has 0 radical (unpaired) electrons. The van der Waals surface area contributed by atoms with Gasteiger partial charge in [0.1, 0.15) is 5.60 Å². The number of nitrogens with one attached hydrogen (secondary N) is 1. The van der Waals surface area contributed by atoms with Gasteiger partial charge in [-0.1, -0.05) is 30.4 Å². The zero-order chi connectivity index (χ0) is 15.6.